The van der Waals surface area contributed by atoms with Crippen molar-refractivity contribution in [3.63, 3.8) is 0 Å². The van der Waals surface area contributed by atoms with Crippen molar-refractivity contribution >= 4 is 5.91 Å². The Labute approximate surface area is 126 Å². The Morgan fingerprint density at radius 3 is 2.90 bits per heavy atom. The molecule has 0 radical (unpaired) electrons. The van der Waals surface area contributed by atoms with Gasteiger partial charge in [0, 0.05) is 45.5 Å². The van der Waals surface area contributed by atoms with E-state index in [0.29, 0.717) is 18.2 Å². The molecule has 5 heteroatoms. The van der Waals surface area contributed by atoms with E-state index in [0.717, 1.165) is 38.3 Å². The largest absolute Gasteiger partial charge is 0.339 e. The van der Waals surface area contributed by atoms with Gasteiger partial charge < -0.3 is 9.47 Å². The number of aryl methyl sites for hydroxylation is 1. The second kappa shape index (κ2) is 6.02. The Morgan fingerprint density at radius 2 is 2.24 bits per heavy atom. The molecule has 0 bridgehead atoms. The van der Waals surface area contributed by atoms with Gasteiger partial charge in [-0.15, -0.1) is 0 Å². The summed E-state index contributed by atoms with van der Waals surface area (Å²) in [4.78, 5) is 21.3. The summed E-state index contributed by atoms with van der Waals surface area (Å²) >= 11 is 0. The van der Waals surface area contributed by atoms with Crippen LogP contribution in [0.2, 0.25) is 0 Å². The molecule has 1 amide bonds. The maximum Gasteiger partial charge on any atom is 0.223 e. The summed E-state index contributed by atoms with van der Waals surface area (Å²) in [6, 6.07) is 0.196. The van der Waals surface area contributed by atoms with Crippen LogP contribution in [-0.4, -0.2) is 51.9 Å². The highest BCUT2D eigenvalue weighted by Crippen LogP contribution is 2.25. The maximum absolute atomic E-state index is 12.5. The Morgan fingerprint density at radius 1 is 1.38 bits per heavy atom. The van der Waals surface area contributed by atoms with E-state index in [2.05, 4.69) is 33.7 Å². The van der Waals surface area contributed by atoms with Gasteiger partial charge in [-0.1, -0.05) is 12.2 Å². The highest BCUT2D eigenvalue weighted by molar-refractivity contribution is 5.77. The number of amides is 1. The zero-order valence-electron chi connectivity index (χ0n) is 12.9. The quantitative estimate of drug-likeness (QED) is 0.793. The van der Waals surface area contributed by atoms with Crippen LogP contribution >= 0.6 is 0 Å². The van der Waals surface area contributed by atoms with E-state index in [1.54, 1.807) is 0 Å². The van der Waals surface area contributed by atoms with Gasteiger partial charge in [-0.3, -0.25) is 9.69 Å². The summed E-state index contributed by atoms with van der Waals surface area (Å²) < 4.78 is 2.05. The first kappa shape index (κ1) is 14.3. The average molecular weight is 288 g/mol. The molecule has 2 unspecified atom stereocenters. The third kappa shape index (κ3) is 3.02. The van der Waals surface area contributed by atoms with Gasteiger partial charge in [0.15, 0.2) is 0 Å². The molecule has 5 nitrogen and oxygen atoms in total. The predicted octanol–water partition coefficient (Wildman–Crippen LogP) is 1.59. The Kier molecular flexibility index (Phi) is 4.10. The Hall–Kier alpha value is -1.62. The third-order valence-corrected chi connectivity index (χ3v) is 4.71. The number of allylic oxidation sites excluding steroid dienone is 2. The smallest absolute Gasteiger partial charge is 0.223 e. The number of aromatic nitrogens is 2. The van der Waals surface area contributed by atoms with Crippen LogP contribution in [0.25, 0.3) is 0 Å². The van der Waals surface area contributed by atoms with Gasteiger partial charge in [-0.25, -0.2) is 4.98 Å². The molecule has 2 heterocycles. The molecular formula is C16H24N4O. The van der Waals surface area contributed by atoms with E-state index in [9.17, 15) is 4.79 Å². The molecule has 2 atom stereocenters. The molecule has 0 aromatic carbocycles. The molecular weight excluding hydrogens is 264 g/mol. The maximum atomic E-state index is 12.5. The van der Waals surface area contributed by atoms with Gasteiger partial charge in [0.25, 0.3) is 0 Å². The minimum atomic E-state index is 0.196. The van der Waals surface area contributed by atoms with Gasteiger partial charge in [0.05, 0.1) is 6.04 Å². The number of imidazole rings is 1. The summed E-state index contributed by atoms with van der Waals surface area (Å²) in [6.45, 7) is 2.48. The normalized spacial score (nSPS) is 26.5. The first-order valence-corrected chi connectivity index (χ1v) is 7.77. The fourth-order valence-corrected chi connectivity index (χ4v) is 3.30. The summed E-state index contributed by atoms with van der Waals surface area (Å²) in [7, 11) is 4.13. The zero-order chi connectivity index (χ0) is 14.8. The second-order valence-electron chi connectivity index (χ2n) is 6.20. The van der Waals surface area contributed by atoms with Crippen molar-refractivity contribution in [3.8, 4) is 0 Å². The van der Waals surface area contributed by atoms with Crippen molar-refractivity contribution < 1.29 is 4.79 Å². The first-order chi connectivity index (χ1) is 10.1. The van der Waals surface area contributed by atoms with Gasteiger partial charge >= 0.3 is 0 Å². The minimum absolute atomic E-state index is 0.196. The Balaban J connectivity index is 1.66. The standard InChI is InChI=1S/C16H24N4O/c1-18-9-10-20(15(21)11-13-5-3-4-6-13)12-14(18)16-17-7-8-19(16)2/h3,5,7-8,13-14H,4,6,9-12H2,1-2H3. The lowest BCUT2D eigenvalue weighted by Crippen LogP contribution is -2.49. The molecule has 114 valence electrons. The van der Waals surface area contributed by atoms with E-state index in [4.69, 9.17) is 0 Å². The highest BCUT2D eigenvalue weighted by atomic mass is 16.2. The molecule has 1 saturated heterocycles. The molecule has 21 heavy (non-hydrogen) atoms. The van der Waals surface area contributed by atoms with E-state index in [1.807, 2.05) is 24.3 Å². The van der Waals surface area contributed by atoms with E-state index >= 15 is 0 Å². The van der Waals surface area contributed by atoms with Crippen LogP contribution in [-0.2, 0) is 11.8 Å². The number of nitrogens with zero attached hydrogens (tertiary/aromatic N) is 4. The van der Waals surface area contributed by atoms with Crippen LogP contribution in [0, 0.1) is 5.92 Å². The molecule has 3 rings (SSSR count). The van der Waals surface area contributed by atoms with Gasteiger partial charge in [0.1, 0.15) is 5.82 Å². The van der Waals surface area contributed by atoms with Crippen molar-refractivity contribution in [1.82, 2.24) is 19.4 Å². The molecule has 2 aliphatic rings. The van der Waals surface area contributed by atoms with Crippen LogP contribution in [0.1, 0.15) is 31.1 Å². The summed E-state index contributed by atoms with van der Waals surface area (Å²) in [5.74, 6) is 1.78. The summed E-state index contributed by atoms with van der Waals surface area (Å²) in [5, 5.41) is 0. The second-order valence-corrected chi connectivity index (χ2v) is 6.20. The highest BCUT2D eigenvalue weighted by Gasteiger charge is 2.31. The lowest BCUT2D eigenvalue weighted by atomic mass is 10.0. The summed E-state index contributed by atoms with van der Waals surface area (Å²) in [5.41, 5.74) is 0. The van der Waals surface area contributed by atoms with Crippen LogP contribution in [0.5, 0.6) is 0 Å². The molecule has 0 saturated carbocycles. The predicted molar refractivity (Wildman–Crippen MR) is 81.6 cm³/mol. The Bertz CT molecular complexity index is 536. The lowest BCUT2D eigenvalue weighted by Gasteiger charge is -2.39. The molecule has 1 aromatic rings. The monoisotopic (exact) mass is 288 g/mol. The molecule has 1 aromatic heterocycles. The summed E-state index contributed by atoms with van der Waals surface area (Å²) in [6.07, 6.45) is 11.1. The van der Waals surface area contributed by atoms with Gasteiger partial charge in [-0.2, -0.15) is 0 Å². The average Bonchev–Trinajstić information content (AvgIpc) is 3.11. The van der Waals surface area contributed by atoms with E-state index < -0.39 is 0 Å². The van der Waals surface area contributed by atoms with Crippen molar-refractivity contribution in [3.05, 3.63) is 30.4 Å². The van der Waals surface area contributed by atoms with Crippen molar-refractivity contribution in [2.24, 2.45) is 13.0 Å². The fourth-order valence-electron chi connectivity index (χ4n) is 3.30. The lowest BCUT2D eigenvalue weighted by molar-refractivity contribution is -0.134. The number of hydrogen-bond donors (Lipinski definition) is 0. The molecule has 1 fully saturated rings. The van der Waals surface area contributed by atoms with Crippen LogP contribution in [0.4, 0.5) is 0 Å². The van der Waals surface area contributed by atoms with E-state index in [-0.39, 0.29) is 6.04 Å². The number of likely N-dealkylation sites (N-methyl/N-ethyl adjacent to an activating group) is 1. The van der Waals surface area contributed by atoms with Crippen LogP contribution in [0.15, 0.2) is 24.5 Å². The molecule has 1 aliphatic heterocycles. The number of rotatable bonds is 3. The topological polar surface area (TPSA) is 41.4 Å². The SMILES string of the molecule is CN1CCN(C(=O)CC2C=CCC2)CC1c1nccn1C. The first-order valence-electron chi connectivity index (χ1n) is 7.77. The van der Waals surface area contributed by atoms with Gasteiger partial charge in [-0.05, 0) is 25.8 Å². The number of piperazine rings is 1. The third-order valence-electron chi connectivity index (χ3n) is 4.71. The van der Waals surface area contributed by atoms with Crippen molar-refractivity contribution in [2.75, 3.05) is 26.7 Å². The molecule has 0 spiro atoms. The van der Waals surface area contributed by atoms with Gasteiger partial charge in [0.2, 0.25) is 5.91 Å². The number of carbonyl (C=O) groups excluding carboxylic acids is 1. The number of carbonyl (C=O) groups is 1. The zero-order valence-corrected chi connectivity index (χ0v) is 12.9. The molecule has 0 N–H and O–H groups in total. The fraction of sp³-hybridized carbons (Fsp3) is 0.625. The van der Waals surface area contributed by atoms with E-state index in [1.165, 1.54) is 0 Å². The van der Waals surface area contributed by atoms with Crippen LogP contribution < -0.4 is 0 Å². The van der Waals surface area contributed by atoms with Crippen molar-refractivity contribution in [2.45, 2.75) is 25.3 Å². The molecule has 1 aliphatic carbocycles. The van der Waals surface area contributed by atoms with Crippen LogP contribution in [0.3, 0.4) is 0 Å². The van der Waals surface area contributed by atoms with Crippen molar-refractivity contribution in [1.29, 1.82) is 0 Å². The minimum Gasteiger partial charge on any atom is -0.339 e. The number of hydrogen-bond acceptors (Lipinski definition) is 3.